The van der Waals surface area contributed by atoms with E-state index in [-0.39, 0.29) is 0 Å². The summed E-state index contributed by atoms with van der Waals surface area (Å²) < 4.78 is 0. The molecule has 0 radical (unpaired) electrons. The minimum atomic E-state index is -0.903. The lowest BCUT2D eigenvalue weighted by Gasteiger charge is -2.01. The van der Waals surface area contributed by atoms with Gasteiger partial charge in [-0.3, -0.25) is 0 Å². The summed E-state index contributed by atoms with van der Waals surface area (Å²) >= 11 is 7.34. The van der Waals surface area contributed by atoms with Gasteiger partial charge in [0.25, 0.3) is 0 Å². The molecule has 0 amide bonds. The molecule has 0 aliphatic heterocycles. The Morgan fingerprint density at radius 3 is 2.62 bits per heavy atom. The van der Waals surface area contributed by atoms with Gasteiger partial charge in [0.15, 0.2) is 0 Å². The summed E-state index contributed by atoms with van der Waals surface area (Å²) in [5.74, 6) is -0.903. The summed E-state index contributed by atoms with van der Waals surface area (Å²) in [4.78, 5) is 12.0. The van der Waals surface area contributed by atoms with E-state index < -0.39 is 5.97 Å². The van der Waals surface area contributed by atoms with Gasteiger partial charge in [-0.05, 0) is 30.7 Å². The van der Waals surface area contributed by atoms with Crippen LogP contribution in [-0.4, -0.2) is 11.1 Å². The van der Waals surface area contributed by atoms with Crippen molar-refractivity contribution in [3.63, 3.8) is 0 Å². The molecule has 1 aromatic carbocycles. The van der Waals surface area contributed by atoms with Crippen LogP contribution >= 0.6 is 22.9 Å². The summed E-state index contributed by atoms with van der Waals surface area (Å²) in [5.41, 5.74) is 1.97. The Kier molecular flexibility index (Phi) is 2.99. The van der Waals surface area contributed by atoms with Crippen LogP contribution in [0.25, 0.3) is 10.4 Å². The van der Waals surface area contributed by atoms with Crippen LogP contribution in [0.1, 0.15) is 15.2 Å². The molecule has 0 saturated heterocycles. The highest BCUT2D eigenvalue weighted by Crippen LogP contribution is 2.33. The second-order valence-corrected chi connectivity index (χ2v) is 4.94. The van der Waals surface area contributed by atoms with Gasteiger partial charge in [0.1, 0.15) is 4.88 Å². The van der Waals surface area contributed by atoms with Crippen LogP contribution < -0.4 is 0 Å². The molecule has 1 aromatic heterocycles. The number of thiophene rings is 1. The highest BCUT2D eigenvalue weighted by atomic mass is 35.5. The van der Waals surface area contributed by atoms with E-state index in [1.54, 1.807) is 12.1 Å². The predicted octanol–water partition coefficient (Wildman–Crippen LogP) is 4.08. The fourth-order valence-electron chi connectivity index (χ4n) is 1.42. The second-order valence-electron chi connectivity index (χ2n) is 3.45. The lowest BCUT2D eigenvalue weighted by atomic mass is 10.1. The van der Waals surface area contributed by atoms with E-state index in [0.29, 0.717) is 9.90 Å². The molecule has 0 aliphatic carbocycles. The molecule has 2 rings (SSSR count). The van der Waals surface area contributed by atoms with Gasteiger partial charge in [0.05, 0.1) is 0 Å². The van der Waals surface area contributed by atoms with Crippen LogP contribution in [0.2, 0.25) is 5.02 Å². The van der Waals surface area contributed by atoms with Crippen LogP contribution in [0.5, 0.6) is 0 Å². The van der Waals surface area contributed by atoms with Crippen molar-refractivity contribution in [2.24, 2.45) is 0 Å². The fourth-order valence-corrected chi connectivity index (χ4v) is 2.69. The number of carboxylic acid groups (broad SMARTS) is 1. The van der Waals surface area contributed by atoms with Gasteiger partial charge in [-0.1, -0.05) is 23.7 Å². The number of hydrogen-bond donors (Lipinski definition) is 1. The summed E-state index contributed by atoms with van der Waals surface area (Å²) in [7, 11) is 0. The summed E-state index contributed by atoms with van der Waals surface area (Å²) in [5, 5.41) is 9.49. The molecule has 16 heavy (non-hydrogen) atoms. The highest BCUT2D eigenvalue weighted by molar-refractivity contribution is 7.17. The SMILES string of the molecule is Cc1ccc(-c2ccc(C(=O)O)s2)c(Cl)c1. The molecule has 0 atom stereocenters. The summed E-state index contributed by atoms with van der Waals surface area (Å²) in [6.07, 6.45) is 0. The molecule has 82 valence electrons. The maximum Gasteiger partial charge on any atom is 0.345 e. The Hall–Kier alpha value is -1.32. The van der Waals surface area contributed by atoms with Crippen molar-refractivity contribution in [3.8, 4) is 10.4 Å². The first-order valence-corrected chi connectivity index (χ1v) is 5.87. The normalized spacial score (nSPS) is 10.4. The standard InChI is InChI=1S/C12H9ClO2S/c1-7-2-3-8(9(13)6-7)10-4-5-11(16-10)12(14)15/h2-6H,1H3,(H,14,15). The van der Waals surface area contributed by atoms with E-state index in [1.165, 1.54) is 11.3 Å². The zero-order chi connectivity index (χ0) is 11.7. The average molecular weight is 253 g/mol. The third kappa shape index (κ3) is 2.10. The Labute approximate surface area is 102 Å². The molecule has 0 unspecified atom stereocenters. The van der Waals surface area contributed by atoms with Gasteiger partial charge < -0.3 is 5.11 Å². The third-order valence-electron chi connectivity index (χ3n) is 2.21. The van der Waals surface area contributed by atoms with Crippen LogP contribution in [0.4, 0.5) is 0 Å². The molecule has 0 spiro atoms. The third-order valence-corrected chi connectivity index (χ3v) is 3.63. The van der Waals surface area contributed by atoms with Crippen LogP contribution in [-0.2, 0) is 0 Å². The Morgan fingerprint density at radius 1 is 1.31 bits per heavy atom. The van der Waals surface area contributed by atoms with Crippen molar-refractivity contribution in [2.45, 2.75) is 6.92 Å². The molecule has 0 saturated carbocycles. The number of benzene rings is 1. The highest BCUT2D eigenvalue weighted by Gasteiger charge is 2.10. The Bertz CT molecular complexity index is 546. The molecule has 2 aromatic rings. The van der Waals surface area contributed by atoms with Crippen molar-refractivity contribution >= 4 is 28.9 Å². The van der Waals surface area contributed by atoms with E-state index in [9.17, 15) is 4.79 Å². The molecular formula is C12H9ClO2S. The van der Waals surface area contributed by atoms with Crippen molar-refractivity contribution < 1.29 is 9.90 Å². The summed E-state index contributed by atoms with van der Waals surface area (Å²) in [6.45, 7) is 1.97. The topological polar surface area (TPSA) is 37.3 Å². The summed E-state index contributed by atoms with van der Waals surface area (Å²) in [6, 6.07) is 9.12. The van der Waals surface area contributed by atoms with Crippen LogP contribution in [0.15, 0.2) is 30.3 Å². The van der Waals surface area contributed by atoms with E-state index in [2.05, 4.69) is 0 Å². The van der Waals surface area contributed by atoms with Crippen molar-refractivity contribution in [3.05, 3.63) is 45.8 Å². The predicted molar refractivity (Wildman–Crippen MR) is 66.5 cm³/mol. The number of aryl methyl sites for hydroxylation is 1. The number of carbonyl (C=O) groups is 1. The minimum Gasteiger partial charge on any atom is -0.477 e. The smallest absolute Gasteiger partial charge is 0.345 e. The van der Waals surface area contributed by atoms with Crippen molar-refractivity contribution in [2.75, 3.05) is 0 Å². The molecule has 0 fully saturated rings. The molecule has 0 bridgehead atoms. The Balaban J connectivity index is 2.46. The first-order chi connectivity index (χ1) is 7.58. The van der Waals surface area contributed by atoms with Crippen molar-refractivity contribution in [1.29, 1.82) is 0 Å². The number of halogens is 1. The van der Waals surface area contributed by atoms with Gasteiger partial charge >= 0.3 is 5.97 Å². The lowest BCUT2D eigenvalue weighted by Crippen LogP contribution is -1.89. The number of hydrogen-bond acceptors (Lipinski definition) is 2. The van der Waals surface area contributed by atoms with Gasteiger partial charge in [-0.2, -0.15) is 0 Å². The number of rotatable bonds is 2. The maximum absolute atomic E-state index is 10.8. The number of carboxylic acids is 1. The van der Waals surface area contributed by atoms with E-state index in [0.717, 1.165) is 16.0 Å². The van der Waals surface area contributed by atoms with Gasteiger partial charge in [-0.25, -0.2) is 4.79 Å². The van der Waals surface area contributed by atoms with Crippen molar-refractivity contribution in [1.82, 2.24) is 0 Å². The molecular weight excluding hydrogens is 244 g/mol. The fraction of sp³-hybridized carbons (Fsp3) is 0.0833. The van der Waals surface area contributed by atoms with Gasteiger partial charge in [-0.15, -0.1) is 11.3 Å². The molecule has 1 N–H and O–H groups in total. The van der Waals surface area contributed by atoms with E-state index >= 15 is 0 Å². The first kappa shape index (κ1) is 11.2. The van der Waals surface area contributed by atoms with Crippen LogP contribution in [0.3, 0.4) is 0 Å². The first-order valence-electron chi connectivity index (χ1n) is 4.67. The number of aromatic carboxylic acids is 1. The van der Waals surface area contributed by atoms with Crippen LogP contribution in [0, 0.1) is 6.92 Å². The van der Waals surface area contributed by atoms with Gasteiger partial charge in [0.2, 0.25) is 0 Å². The zero-order valence-corrected chi connectivity index (χ0v) is 10.1. The van der Waals surface area contributed by atoms with E-state index in [4.69, 9.17) is 16.7 Å². The molecule has 0 aliphatic rings. The largest absolute Gasteiger partial charge is 0.477 e. The zero-order valence-electron chi connectivity index (χ0n) is 8.53. The van der Waals surface area contributed by atoms with E-state index in [1.807, 2.05) is 25.1 Å². The molecule has 2 nitrogen and oxygen atoms in total. The Morgan fingerprint density at radius 2 is 2.06 bits per heavy atom. The minimum absolute atomic E-state index is 0.326. The quantitative estimate of drug-likeness (QED) is 0.875. The maximum atomic E-state index is 10.8. The second kappa shape index (κ2) is 4.28. The average Bonchev–Trinajstić information content (AvgIpc) is 2.66. The monoisotopic (exact) mass is 252 g/mol. The molecule has 1 heterocycles. The molecule has 4 heteroatoms. The lowest BCUT2D eigenvalue weighted by molar-refractivity contribution is 0.0702. The van der Waals surface area contributed by atoms with Gasteiger partial charge in [0, 0.05) is 15.5 Å².